The Morgan fingerprint density at radius 3 is 1.87 bits per heavy atom. The summed E-state index contributed by atoms with van der Waals surface area (Å²) in [4.78, 5) is 0. The zero-order valence-electron chi connectivity index (χ0n) is 8.95. The van der Waals surface area contributed by atoms with E-state index in [9.17, 15) is 10.2 Å². The van der Waals surface area contributed by atoms with Crippen molar-refractivity contribution in [3.8, 4) is 0 Å². The first-order chi connectivity index (χ1) is 7.22. The number of aliphatic hydroxyl groups excluding tert-OH is 2. The SMILES string of the molecule is C=CC=CC=CC(O)C(O)C=CC=CC. The molecule has 0 aliphatic heterocycles. The highest BCUT2D eigenvalue weighted by molar-refractivity contribution is 5.13. The van der Waals surface area contributed by atoms with E-state index in [1.165, 1.54) is 12.2 Å². The zero-order valence-corrected chi connectivity index (χ0v) is 8.95. The summed E-state index contributed by atoms with van der Waals surface area (Å²) < 4.78 is 0. The Labute approximate surface area is 91.3 Å². The third-order valence-corrected chi connectivity index (χ3v) is 1.63. The van der Waals surface area contributed by atoms with Crippen LogP contribution in [0.5, 0.6) is 0 Å². The van der Waals surface area contributed by atoms with E-state index in [1.807, 2.05) is 13.0 Å². The summed E-state index contributed by atoms with van der Waals surface area (Å²) >= 11 is 0. The van der Waals surface area contributed by atoms with Crippen LogP contribution in [0.15, 0.2) is 61.3 Å². The summed E-state index contributed by atoms with van der Waals surface area (Å²) in [6, 6.07) is 0. The summed E-state index contributed by atoms with van der Waals surface area (Å²) in [5.74, 6) is 0. The highest BCUT2D eigenvalue weighted by Crippen LogP contribution is 1.98. The van der Waals surface area contributed by atoms with Crippen LogP contribution in [0.2, 0.25) is 0 Å². The standard InChI is InChI=1S/C13H18O2/c1-3-5-7-9-11-13(15)12(14)10-8-6-4-2/h3-15H,1H2,2H3. The molecule has 2 nitrogen and oxygen atoms in total. The minimum Gasteiger partial charge on any atom is -0.386 e. The second-order valence-electron chi connectivity index (χ2n) is 2.90. The van der Waals surface area contributed by atoms with Crippen molar-refractivity contribution in [3.63, 3.8) is 0 Å². The summed E-state index contributed by atoms with van der Waals surface area (Å²) in [5.41, 5.74) is 0. The number of hydrogen-bond acceptors (Lipinski definition) is 2. The lowest BCUT2D eigenvalue weighted by Crippen LogP contribution is -2.20. The number of hydrogen-bond donors (Lipinski definition) is 2. The van der Waals surface area contributed by atoms with Crippen molar-refractivity contribution >= 4 is 0 Å². The molecule has 0 amide bonds. The van der Waals surface area contributed by atoms with Crippen LogP contribution >= 0.6 is 0 Å². The molecule has 0 aromatic heterocycles. The molecular weight excluding hydrogens is 188 g/mol. The normalized spacial score (nSPS) is 17.0. The van der Waals surface area contributed by atoms with Gasteiger partial charge in [0, 0.05) is 0 Å². The lowest BCUT2D eigenvalue weighted by Gasteiger charge is -2.08. The third kappa shape index (κ3) is 7.67. The van der Waals surface area contributed by atoms with Crippen LogP contribution < -0.4 is 0 Å². The van der Waals surface area contributed by atoms with E-state index in [2.05, 4.69) is 6.58 Å². The van der Waals surface area contributed by atoms with Gasteiger partial charge in [-0.2, -0.15) is 0 Å². The van der Waals surface area contributed by atoms with Gasteiger partial charge in [-0.3, -0.25) is 0 Å². The average Bonchev–Trinajstić information content (AvgIpc) is 2.24. The molecule has 2 unspecified atom stereocenters. The summed E-state index contributed by atoms with van der Waals surface area (Å²) in [6.45, 7) is 5.39. The molecule has 0 saturated heterocycles. The first-order valence-corrected chi connectivity index (χ1v) is 4.84. The fraction of sp³-hybridized carbons (Fsp3) is 0.231. The topological polar surface area (TPSA) is 40.5 Å². The third-order valence-electron chi connectivity index (χ3n) is 1.63. The number of allylic oxidation sites excluding steroid dienone is 7. The minimum atomic E-state index is -0.888. The highest BCUT2D eigenvalue weighted by atomic mass is 16.3. The molecule has 0 aliphatic carbocycles. The van der Waals surface area contributed by atoms with E-state index in [0.29, 0.717) is 0 Å². The van der Waals surface area contributed by atoms with Crippen molar-refractivity contribution in [2.45, 2.75) is 19.1 Å². The van der Waals surface area contributed by atoms with E-state index in [-0.39, 0.29) is 0 Å². The molecule has 0 spiro atoms. The Morgan fingerprint density at radius 2 is 1.40 bits per heavy atom. The molecule has 2 heteroatoms. The van der Waals surface area contributed by atoms with Crippen LogP contribution in [0.3, 0.4) is 0 Å². The van der Waals surface area contributed by atoms with Crippen molar-refractivity contribution in [1.82, 2.24) is 0 Å². The quantitative estimate of drug-likeness (QED) is 0.654. The van der Waals surface area contributed by atoms with Gasteiger partial charge in [0.05, 0.1) is 0 Å². The van der Waals surface area contributed by atoms with Gasteiger partial charge in [-0.15, -0.1) is 0 Å². The molecular formula is C13H18O2. The van der Waals surface area contributed by atoms with Crippen LogP contribution in [0.1, 0.15) is 6.92 Å². The highest BCUT2D eigenvalue weighted by Gasteiger charge is 2.07. The van der Waals surface area contributed by atoms with Gasteiger partial charge in [0.25, 0.3) is 0 Å². The maximum atomic E-state index is 9.44. The lowest BCUT2D eigenvalue weighted by atomic mass is 10.1. The fourth-order valence-corrected chi connectivity index (χ4v) is 0.837. The van der Waals surface area contributed by atoms with Crippen LogP contribution in [-0.4, -0.2) is 22.4 Å². The first-order valence-electron chi connectivity index (χ1n) is 4.84. The summed E-state index contributed by atoms with van der Waals surface area (Å²) in [6.07, 6.45) is 13.4. The average molecular weight is 206 g/mol. The van der Waals surface area contributed by atoms with Gasteiger partial charge in [-0.05, 0) is 6.92 Å². The van der Waals surface area contributed by atoms with Gasteiger partial charge >= 0.3 is 0 Å². The predicted octanol–water partition coefficient (Wildman–Crippen LogP) is 2.14. The van der Waals surface area contributed by atoms with Crippen molar-refractivity contribution < 1.29 is 10.2 Å². The molecule has 0 aromatic rings. The maximum Gasteiger partial charge on any atom is 0.102 e. The smallest absolute Gasteiger partial charge is 0.102 e. The Kier molecular flexibility index (Phi) is 8.34. The second-order valence-corrected chi connectivity index (χ2v) is 2.90. The molecule has 2 N–H and O–H groups in total. The first kappa shape index (κ1) is 13.6. The van der Waals surface area contributed by atoms with E-state index in [1.54, 1.807) is 36.5 Å². The Hall–Kier alpha value is -1.38. The molecule has 0 fully saturated rings. The molecule has 0 bridgehead atoms. The van der Waals surface area contributed by atoms with Crippen molar-refractivity contribution in [3.05, 3.63) is 61.3 Å². The largest absolute Gasteiger partial charge is 0.386 e. The van der Waals surface area contributed by atoms with Crippen LogP contribution in [0, 0.1) is 0 Å². The Balaban J connectivity index is 4.08. The van der Waals surface area contributed by atoms with E-state index in [0.717, 1.165) is 0 Å². The maximum absolute atomic E-state index is 9.44. The zero-order chi connectivity index (χ0) is 11.5. The van der Waals surface area contributed by atoms with Gasteiger partial charge in [0.15, 0.2) is 0 Å². The molecule has 0 heterocycles. The van der Waals surface area contributed by atoms with E-state index >= 15 is 0 Å². The number of aliphatic hydroxyl groups is 2. The molecule has 15 heavy (non-hydrogen) atoms. The molecule has 0 radical (unpaired) electrons. The molecule has 0 saturated carbocycles. The van der Waals surface area contributed by atoms with Crippen molar-refractivity contribution in [2.75, 3.05) is 0 Å². The van der Waals surface area contributed by atoms with Crippen LogP contribution in [0.25, 0.3) is 0 Å². The predicted molar refractivity (Wildman–Crippen MR) is 64.4 cm³/mol. The summed E-state index contributed by atoms with van der Waals surface area (Å²) in [7, 11) is 0. The molecule has 2 atom stereocenters. The van der Waals surface area contributed by atoms with E-state index in [4.69, 9.17) is 0 Å². The molecule has 0 aromatic carbocycles. The summed E-state index contributed by atoms with van der Waals surface area (Å²) in [5, 5.41) is 18.9. The second kappa shape index (κ2) is 9.19. The molecule has 82 valence electrons. The van der Waals surface area contributed by atoms with Crippen molar-refractivity contribution in [2.24, 2.45) is 0 Å². The lowest BCUT2D eigenvalue weighted by molar-refractivity contribution is 0.0808. The molecule has 0 rings (SSSR count). The molecule has 0 aliphatic rings. The minimum absolute atomic E-state index is 0.880. The Morgan fingerprint density at radius 1 is 0.867 bits per heavy atom. The monoisotopic (exact) mass is 206 g/mol. The Bertz CT molecular complexity index is 272. The van der Waals surface area contributed by atoms with Gasteiger partial charge in [0.2, 0.25) is 0 Å². The van der Waals surface area contributed by atoms with E-state index < -0.39 is 12.2 Å². The van der Waals surface area contributed by atoms with Crippen LogP contribution in [-0.2, 0) is 0 Å². The fourth-order valence-electron chi connectivity index (χ4n) is 0.837. The van der Waals surface area contributed by atoms with Gasteiger partial charge in [0.1, 0.15) is 12.2 Å². The van der Waals surface area contributed by atoms with Gasteiger partial charge < -0.3 is 10.2 Å². The number of rotatable bonds is 6. The van der Waals surface area contributed by atoms with Gasteiger partial charge in [-0.1, -0.05) is 61.3 Å². The van der Waals surface area contributed by atoms with Gasteiger partial charge in [-0.25, -0.2) is 0 Å². The van der Waals surface area contributed by atoms with Crippen LogP contribution in [0.4, 0.5) is 0 Å². The van der Waals surface area contributed by atoms with Crippen molar-refractivity contribution in [1.29, 1.82) is 0 Å².